The molecular formula is C16H22ClNO3. The van der Waals surface area contributed by atoms with E-state index in [1.165, 1.54) is 0 Å². The van der Waals surface area contributed by atoms with Crippen molar-refractivity contribution < 1.29 is 14.3 Å². The molecule has 1 fully saturated rings. The van der Waals surface area contributed by atoms with Gasteiger partial charge < -0.3 is 14.8 Å². The highest BCUT2D eigenvalue weighted by Gasteiger charge is 2.43. The molecule has 1 saturated carbocycles. The summed E-state index contributed by atoms with van der Waals surface area (Å²) in [5.74, 6) is -0.195. The number of carbonyl (C=O) groups excluding carboxylic acids is 1. The second-order valence-corrected chi connectivity index (χ2v) is 5.81. The molecule has 21 heavy (non-hydrogen) atoms. The van der Waals surface area contributed by atoms with Crippen LogP contribution in [0.25, 0.3) is 0 Å². The lowest BCUT2D eigenvalue weighted by molar-refractivity contribution is -0.150. The SMILES string of the molecule is CCOC(=O)C1(Nc2cccc(Cl)c2)CCC(OC)CC1. The van der Waals surface area contributed by atoms with Gasteiger partial charge in [0.15, 0.2) is 0 Å². The van der Waals surface area contributed by atoms with Crippen LogP contribution in [0, 0.1) is 0 Å². The van der Waals surface area contributed by atoms with Crippen molar-refractivity contribution in [2.75, 3.05) is 19.0 Å². The molecule has 0 aliphatic heterocycles. The Morgan fingerprint density at radius 2 is 2.14 bits per heavy atom. The molecule has 1 aromatic carbocycles. The fraction of sp³-hybridized carbons (Fsp3) is 0.562. The van der Waals surface area contributed by atoms with E-state index >= 15 is 0 Å². The third-order valence-electron chi connectivity index (χ3n) is 3.99. The third-order valence-corrected chi connectivity index (χ3v) is 4.23. The molecular weight excluding hydrogens is 290 g/mol. The summed E-state index contributed by atoms with van der Waals surface area (Å²) in [5.41, 5.74) is 0.154. The molecule has 0 unspecified atom stereocenters. The maximum atomic E-state index is 12.4. The first kappa shape index (κ1) is 16.1. The van der Waals surface area contributed by atoms with Gasteiger partial charge >= 0.3 is 5.97 Å². The third kappa shape index (κ3) is 3.89. The van der Waals surface area contributed by atoms with Gasteiger partial charge in [-0.1, -0.05) is 17.7 Å². The van der Waals surface area contributed by atoms with Gasteiger partial charge in [0.2, 0.25) is 0 Å². The summed E-state index contributed by atoms with van der Waals surface area (Å²) in [6.45, 7) is 2.21. The Bertz CT molecular complexity index is 484. The first-order valence-electron chi connectivity index (χ1n) is 7.33. The molecule has 0 saturated heterocycles. The molecule has 0 heterocycles. The van der Waals surface area contributed by atoms with E-state index in [0.29, 0.717) is 24.5 Å². The number of nitrogens with one attached hydrogen (secondary N) is 1. The highest BCUT2D eigenvalue weighted by molar-refractivity contribution is 6.30. The molecule has 0 aromatic heterocycles. The second kappa shape index (κ2) is 7.14. The van der Waals surface area contributed by atoms with E-state index in [1.54, 1.807) is 7.11 Å². The van der Waals surface area contributed by atoms with Crippen molar-refractivity contribution in [1.82, 2.24) is 0 Å². The van der Waals surface area contributed by atoms with Gasteiger partial charge in [-0.3, -0.25) is 0 Å². The monoisotopic (exact) mass is 311 g/mol. The predicted molar refractivity (Wildman–Crippen MR) is 83.7 cm³/mol. The van der Waals surface area contributed by atoms with Crippen molar-refractivity contribution in [2.24, 2.45) is 0 Å². The summed E-state index contributed by atoms with van der Waals surface area (Å²) >= 11 is 6.02. The van der Waals surface area contributed by atoms with Crippen molar-refractivity contribution in [1.29, 1.82) is 0 Å². The van der Waals surface area contributed by atoms with Crippen LogP contribution in [0.3, 0.4) is 0 Å². The van der Waals surface area contributed by atoms with E-state index in [9.17, 15) is 4.79 Å². The van der Waals surface area contributed by atoms with Gasteiger partial charge in [0, 0.05) is 17.8 Å². The van der Waals surface area contributed by atoms with E-state index in [0.717, 1.165) is 18.5 Å². The summed E-state index contributed by atoms with van der Waals surface area (Å²) in [4.78, 5) is 12.4. The molecule has 1 aliphatic carbocycles. The number of carbonyl (C=O) groups is 1. The lowest BCUT2D eigenvalue weighted by Crippen LogP contribution is -2.51. The largest absolute Gasteiger partial charge is 0.464 e. The fourth-order valence-corrected chi connectivity index (χ4v) is 3.00. The van der Waals surface area contributed by atoms with Crippen LogP contribution in [-0.2, 0) is 14.3 Å². The molecule has 0 spiro atoms. The van der Waals surface area contributed by atoms with Gasteiger partial charge in [-0.05, 0) is 50.8 Å². The van der Waals surface area contributed by atoms with E-state index in [1.807, 2.05) is 31.2 Å². The number of hydrogen-bond acceptors (Lipinski definition) is 4. The molecule has 0 radical (unpaired) electrons. The Morgan fingerprint density at radius 3 is 2.71 bits per heavy atom. The number of benzene rings is 1. The molecule has 116 valence electrons. The normalized spacial score (nSPS) is 25.4. The minimum atomic E-state index is -0.685. The van der Waals surface area contributed by atoms with Gasteiger partial charge in [0.25, 0.3) is 0 Å². The van der Waals surface area contributed by atoms with Crippen LogP contribution in [0.5, 0.6) is 0 Å². The lowest BCUT2D eigenvalue weighted by Gasteiger charge is -2.39. The lowest BCUT2D eigenvalue weighted by atomic mass is 9.80. The molecule has 1 aromatic rings. The van der Waals surface area contributed by atoms with Crippen molar-refractivity contribution >= 4 is 23.3 Å². The minimum Gasteiger partial charge on any atom is -0.464 e. The van der Waals surface area contributed by atoms with E-state index in [-0.39, 0.29) is 12.1 Å². The topological polar surface area (TPSA) is 47.6 Å². The van der Waals surface area contributed by atoms with E-state index in [2.05, 4.69) is 5.32 Å². The number of ether oxygens (including phenoxy) is 2. The Labute approximate surface area is 130 Å². The highest BCUT2D eigenvalue weighted by Crippen LogP contribution is 2.34. The van der Waals surface area contributed by atoms with Crippen LogP contribution >= 0.6 is 11.6 Å². The number of hydrogen-bond donors (Lipinski definition) is 1. The Balaban J connectivity index is 2.18. The molecule has 1 N–H and O–H groups in total. The van der Waals surface area contributed by atoms with E-state index in [4.69, 9.17) is 21.1 Å². The standard InChI is InChI=1S/C16H22ClNO3/c1-3-21-15(19)16(9-7-14(20-2)8-10-16)18-13-6-4-5-12(17)11-13/h4-6,11,14,18H,3,7-10H2,1-2H3. The average molecular weight is 312 g/mol. The van der Waals surface area contributed by atoms with Crippen molar-refractivity contribution in [2.45, 2.75) is 44.2 Å². The second-order valence-electron chi connectivity index (χ2n) is 5.37. The van der Waals surface area contributed by atoms with Gasteiger partial charge in [-0.2, -0.15) is 0 Å². The van der Waals surface area contributed by atoms with Gasteiger partial charge in [-0.15, -0.1) is 0 Å². The number of methoxy groups -OCH3 is 1. The Kier molecular flexibility index (Phi) is 5.48. The number of halogens is 1. The van der Waals surface area contributed by atoms with Gasteiger partial charge in [-0.25, -0.2) is 4.79 Å². The Hall–Kier alpha value is -1.26. The fourth-order valence-electron chi connectivity index (χ4n) is 2.81. The average Bonchev–Trinajstić information content (AvgIpc) is 2.48. The minimum absolute atomic E-state index is 0.195. The zero-order valence-electron chi connectivity index (χ0n) is 12.5. The summed E-state index contributed by atoms with van der Waals surface area (Å²) in [7, 11) is 1.71. The van der Waals surface area contributed by atoms with Crippen LogP contribution in [-0.4, -0.2) is 31.3 Å². The molecule has 1 aliphatic rings. The number of rotatable bonds is 5. The summed E-state index contributed by atoms with van der Waals surface area (Å²) in [6, 6.07) is 7.41. The zero-order valence-corrected chi connectivity index (χ0v) is 13.3. The smallest absolute Gasteiger partial charge is 0.331 e. The molecule has 0 atom stereocenters. The van der Waals surface area contributed by atoms with Crippen molar-refractivity contribution in [3.05, 3.63) is 29.3 Å². The molecule has 5 heteroatoms. The zero-order chi connectivity index (χ0) is 15.3. The van der Waals surface area contributed by atoms with Gasteiger partial charge in [0.1, 0.15) is 5.54 Å². The van der Waals surface area contributed by atoms with Gasteiger partial charge in [0.05, 0.1) is 12.7 Å². The number of esters is 1. The van der Waals surface area contributed by atoms with Crippen LogP contribution in [0.4, 0.5) is 5.69 Å². The van der Waals surface area contributed by atoms with Crippen LogP contribution in [0.15, 0.2) is 24.3 Å². The summed E-state index contributed by atoms with van der Waals surface area (Å²) in [6.07, 6.45) is 3.27. The first-order chi connectivity index (χ1) is 10.1. The molecule has 4 nitrogen and oxygen atoms in total. The molecule has 2 rings (SSSR count). The summed E-state index contributed by atoms with van der Waals surface area (Å²) in [5, 5.41) is 3.99. The van der Waals surface area contributed by atoms with Crippen LogP contribution in [0.1, 0.15) is 32.6 Å². The predicted octanol–water partition coefficient (Wildman–Crippen LogP) is 3.64. The number of anilines is 1. The van der Waals surface area contributed by atoms with Crippen molar-refractivity contribution in [3.8, 4) is 0 Å². The maximum Gasteiger partial charge on any atom is 0.331 e. The van der Waals surface area contributed by atoms with Crippen LogP contribution < -0.4 is 5.32 Å². The first-order valence-corrected chi connectivity index (χ1v) is 7.71. The maximum absolute atomic E-state index is 12.4. The van der Waals surface area contributed by atoms with Crippen LogP contribution in [0.2, 0.25) is 5.02 Å². The summed E-state index contributed by atoms with van der Waals surface area (Å²) < 4.78 is 10.7. The molecule has 0 bridgehead atoms. The van der Waals surface area contributed by atoms with Crippen molar-refractivity contribution in [3.63, 3.8) is 0 Å². The quantitative estimate of drug-likeness (QED) is 0.843. The van der Waals surface area contributed by atoms with E-state index < -0.39 is 5.54 Å². The molecule has 0 amide bonds. The highest BCUT2D eigenvalue weighted by atomic mass is 35.5. The Morgan fingerprint density at radius 1 is 1.43 bits per heavy atom.